The molecule has 0 aliphatic rings. The Balaban J connectivity index is 2.09. The van der Waals surface area contributed by atoms with E-state index in [4.69, 9.17) is 12.2 Å². The van der Waals surface area contributed by atoms with Crippen molar-refractivity contribution in [2.75, 3.05) is 10.6 Å². The van der Waals surface area contributed by atoms with Gasteiger partial charge in [0.15, 0.2) is 5.11 Å². The number of aryl methyl sites for hydroxylation is 2. The fourth-order valence-electron chi connectivity index (χ4n) is 1.86. The fraction of sp³-hybridized carbons (Fsp3) is 0.133. The van der Waals surface area contributed by atoms with Crippen LogP contribution in [0.3, 0.4) is 0 Å². The molecule has 0 bridgehead atoms. The number of benzene rings is 2. The summed E-state index contributed by atoms with van der Waals surface area (Å²) in [5.74, 6) is -1.30. The van der Waals surface area contributed by atoms with Gasteiger partial charge in [0.1, 0.15) is 11.6 Å². The van der Waals surface area contributed by atoms with E-state index < -0.39 is 11.6 Å². The summed E-state index contributed by atoms with van der Waals surface area (Å²) in [5.41, 5.74) is 3.31. The first-order valence-corrected chi connectivity index (χ1v) is 6.46. The highest BCUT2D eigenvalue weighted by atomic mass is 32.1. The summed E-state index contributed by atoms with van der Waals surface area (Å²) >= 11 is 5.13. The van der Waals surface area contributed by atoms with Gasteiger partial charge in [-0.05, 0) is 49.8 Å². The molecule has 0 amide bonds. The third kappa shape index (κ3) is 3.74. The molecule has 0 saturated heterocycles. The molecule has 2 aromatic rings. The maximum absolute atomic E-state index is 13.1. The third-order valence-corrected chi connectivity index (χ3v) is 2.95. The van der Waals surface area contributed by atoms with E-state index >= 15 is 0 Å². The van der Waals surface area contributed by atoms with E-state index in [1.807, 2.05) is 32.0 Å². The van der Waals surface area contributed by atoms with Gasteiger partial charge in [0.25, 0.3) is 0 Å². The quantitative estimate of drug-likeness (QED) is 0.803. The molecule has 104 valence electrons. The van der Waals surface area contributed by atoms with Crippen molar-refractivity contribution in [2.24, 2.45) is 0 Å². The predicted octanol–water partition coefficient (Wildman–Crippen LogP) is 4.39. The van der Waals surface area contributed by atoms with E-state index in [0.717, 1.165) is 22.9 Å². The van der Waals surface area contributed by atoms with Crippen molar-refractivity contribution in [1.82, 2.24) is 0 Å². The lowest BCUT2D eigenvalue weighted by atomic mass is 10.1. The van der Waals surface area contributed by atoms with Gasteiger partial charge in [-0.2, -0.15) is 0 Å². The molecule has 0 radical (unpaired) electrons. The summed E-state index contributed by atoms with van der Waals surface area (Å²) in [6.07, 6.45) is 0. The van der Waals surface area contributed by atoms with E-state index in [1.54, 1.807) is 0 Å². The van der Waals surface area contributed by atoms with Crippen LogP contribution < -0.4 is 10.6 Å². The van der Waals surface area contributed by atoms with Crippen LogP contribution >= 0.6 is 12.2 Å². The SMILES string of the molecule is Cc1ccc(NC(=S)Nc2cc(F)cc(F)c2)c(C)c1. The van der Waals surface area contributed by atoms with E-state index in [9.17, 15) is 8.78 Å². The lowest BCUT2D eigenvalue weighted by Gasteiger charge is -2.13. The number of hydrogen-bond acceptors (Lipinski definition) is 1. The molecule has 2 rings (SSSR count). The van der Waals surface area contributed by atoms with E-state index in [1.165, 1.54) is 12.1 Å². The van der Waals surface area contributed by atoms with Crippen molar-refractivity contribution < 1.29 is 8.78 Å². The van der Waals surface area contributed by atoms with Crippen LogP contribution in [0.1, 0.15) is 11.1 Å². The molecule has 5 heteroatoms. The van der Waals surface area contributed by atoms with Crippen molar-refractivity contribution in [3.8, 4) is 0 Å². The Morgan fingerprint density at radius 2 is 1.60 bits per heavy atom. The van der Waals surface area contributed by atoms with Crippen LogP contribution in [0.15, 0.2) is 36.4 Å². The van der Waals surface area contributed by atoms with Gasteiger partial charge in [-0.15, -0.1) is 0 Å². The van der Waals surface area contributed by atoms with Crippen LogP contribution in [-0.2, 0) is 0 Å². The predicted molar refractivity (Wildman–Crippen MR) is 82.1 cm³/mol. The minimum absolute atomic E-state index is 0.268. The van der Waals surface area contributed by atoms with Crippen LogP contribution in [0.4, 0.5) is 20.2 Å². The molecule has 0 aliphatic heterocycles. The molecule has 0 unspecified atom stereocenters. The number of halogens is 2. The Kier molecular flexibility index (Phi) is 4.29. The van der Waals surface area contributed by atoms with Crippen LogP contribution in [0.2, 0.25) is 0 Å². The van der Waals surface area contributed by atoms with E-state index in [2.05, 4.69) is 10.6 Å². The molecule has 20 heavy (non-hydrogen) atoms. The lowest BCUT2D eigenvalue weighted by molar-refractivity contribution is 0.584. The highest BCUT2D eigenvalue weighted by molar-refractivity contribution is 7.80. The smallest absolute Gasteiger partial charge is 0.175 e. The maximum Gasteiger partial charge on any atom is 0.175 e. The summed E-state index contributed by atoms with van der Waals surface area (Å²) in [6.45, 7) is 3.96. The molecule has 0 saturated carbocycles. The van der Waals surface area contributed by atoms with Gasteiger partial charge in [0.05, 0.1) is 0 Å². The molecule has 2 nitrogen and oxygen atoms in total. The zero-order chi connectivity index (χ0) is 14.7. The Bertz CT molecular complexity index is 636. The largest absolute Gasteiger partial charge is 0.332 e. The van der Waals surface area contributed by atoms with Crippen molar-refractivity contribution in [2.45, 2.75) is 13.8 Å². The van der Waals surface area contributed by atoms with Crippen LogP contribution in [-0.4, -0.2) is 5.11 Å². The Morgan fingerprint density at radius 1 is 0.950 bits per heavy atom. The Hall–Kier alpha value is -2.01. The lowest BCUT2D eigenvalue weighted by Crippen LogP contribution is -2.19. The average Bonchev–Trinajstić information content (AvgIpc) is 2.31. The zero-order valence-electron chi connectivity index (χ0n) is 11.1. The molecule has 2 aromatic carbocycles. The molecule has 0 aliphatic carbocycles. The molecule has 0 aromatic heterocycles. The summed E-state index contributed by atoms with van der Waals surface area (Å²) in [6, 6.07) is 9.06. The molecule has 0 heterocycles. The molecule has 0 atom stereocenters. The second-order valence-corrected chi connectivity index (χ2v) is 4.96. The van der Waals surface area contributed by atoms with Gasteiger partial charge in [0.2, 0.25) is 0 Å². The first kappa shape index (κ1) is 14.4. The first-order chi connectivity index (χ1) is 9.44. The van der Waals surface area contributed by atoms with Gasteiger partial charge in [-0.3, -0.25) is 0 Å². The first-order valence-electron chi connectivity index (χ1n) is 6.05. The molecule has 2 N–H and O–H groups in total. The topological polar surface area (TPSA) is 24.1 Å². The zero-order valence-corrected chi connectivity index (χ0v) is 11.9. The van der Waals surface area contributed by atoms with Gasteiger partial charge < -0.3 is 10.6 Å². The summed E-state index contributed by atoms with van der Waals surface area (Å²) in [5, 5.41) is 6.03. The van der Waals surface area contributed by atoms with Gasteiger partial charge in [0, 0.05) is 17.4 Å². The van der Waals surface area contributed by atoms with E-state index in [0.29, 0.717) is 0 Å². The molecule has 0 spiro atoms. The van der Waals surface area contributed by atoms with Crippen LogP contribution in [0, 0.1) is 25.5 Å². The van der Waals surface area contributed by atoms with Gasteiger partial charge >= 0.3 is 0 Å². The normalized spacial score (nSPS) is 10.2. The Morgan fingerprint density at radius 3 is 2.20 bits per heavy atom. The van der Waals surface area contributed by atoms with Crippen molar-refractivity contribution in [3.63, 3.8) is 0 Å². The van der Waals surface area contributed by atoms with Crippen molar-refractivity contribution >= 4 is 28.7 Å². The maximum atomic E-state index is 13.1. The second-order valence-electron chi connectivity index (χ2n) is 4.56. The minimum Gasteiger partial charge on any atom is -0.332 e. The number of hydrogen-bond donors (Lipinski definition) is 2. The number of rotatable bonds is 2. The highest BCUT2D eigenvalue weighted by Gasteiger charge is 2.04. The number of anilines is 2. The Labute approximate surface area is 121 Å². The monoisotopic (exact) mass is 292 g/mol. The average molecular weight is 292 g/mol. The van der Waals surface area contributed by atoms with Gasteiger partial charge in [-0.1, -0.05) is 17.7 Å². The summed E-state index contributed by atoms with van der Waals surface area (Å²) in [4.78, 5) is 0. The minimum atomic E-state index is -0.651. The molecular weight excluding hydrogens is 278 g/mol. The van der Waals surface area contributed by atoms with Gasteiger partial charge in [-0.25, -0.2) is 8.78 Å². The van der Waals surface area contributed by atoms with Crippen molar-refractivity contribution in [1.29, 1.82) is 0 Å². The van der Waals surface area contributed by atoms with Crippen molar-refractivity contribution in [3.05, 3.63) is 59.2 Å². The standard InChI is InChI=1S/C15H14F2N2S/c1-9-3-4-14(10(2)5-9)19-15(20)18-13-7-11(16)6-12(17)8-13/h3-8H,1-2H3,(H2,18,19,20). The summed E-state index contributed by atoms with van der Waals surface area (Å²) in [7, 11) is 0. The fourth-order valence-corrected chi connectivity index (χ4v) is 2.09. The summed E-state index contributed by atoms with van der Waals surface area (Å²) < 4.78 is 26.1. The molecule has 0 fully saturated rings. The molecular formula is C15H14F2N2S. The third-order valence-electron chi connectivity index (χ3n) is 2.75. The van der Waals surface area contributed by atoms with Crippen LogP contribution in [0.5, 0.6) is 0 Å². The van der Waals surface area contributed by atoms with E-state index in [-0.39, 0.29) is 10.8 Å². The second kappa shape index (κ2) is 5.96. The van der Waals surface area contributed by atoms with Crippen LogP contribution in [0.25, 0.3) is 0 Å². The number of thiocarbonyl (C=S) groups is 1. The number of nitrogens with one attached hydrogen (secondary N) is 2. The highest BCUT2D eigenvalue weighted by Crippen LogP contribution is 2.17.